The minimum Gasteiger partial charge on any atom is -0.472 e. The Hall–Kier alpha value is -1.26. The summed E-state index contributed by atoms with van der Waals surface area (Å²) in [5.74, 6) is 0.719. The standard InChI is InChI=1S/C15H15ClN2OS/c1-20-15-17-13-8-4-6-11(13)14(18-15)19-9-10-5-2-3-7-12(10)16/h2-3,5,7H,4,6,8-9H2,1H3. The summed E-state index contributed by atoms with van der Waals surface area (Å²) in [6.45, 7) is 0.441. The highest BCUT2D eigenvalue weighted by Gasteiger charge is 2.20. The quantitative estimate of drug-likeness (QED) is 0.633. The van der Waals surface area contributed by atoms with Crippen LogP contribution in [-0.4, -0.2) is 16.2 Å². The Balaban J connectivity index is 1.84. The zero-order valence-electron chi connectivity index (χ0n) is 11.2. The number of halogens is 1. The number of fused-ring (bicyclic) bond motifs is 1. The van der Waals surface area contributed by atoms with Gasteiger partial charge in [0.2, 0.25) is 5.88 Å². The molecular formula is C15H15ClN2OS. The van der Waals surface area contributed by atoms with Crippen molar-refractivity contribution in [2.24, 2.45) is 0 Å². The largest absolute Gasteiger partial charge is 0.472 e. The minimum atomic E-state index is 0.441. The molecule has 3 rings (SSSR count). The van der Waals surface area contributed by atoms with Crippen LogP contribution in [0, 0.1) is 0 Å². The third-order valence-electron chi connectivity index (χ3n) is 3.38. The van der Waals surface area contributed by atoms with Crippen molar-refractivity contribution in [3.8, 4) is 5.88 Å². The predicted octanol–water partition coefficient (Wildman–Crippen LogP) is 3.92. The first kappa shape index (κ1) is 13.7. The molecule has 0 saturated carbocycles. The van der Waals surface area contributed by atoms with Gasteiger partial charge >= 0.3 is 0 Å². The first-order valence-electron chi connectivity index (χ1n) is 6.58. The van der Waals surface area contributed by atoms with E-state index in [-0.39, 0.29) is 0 Å². The van der Waals surface area contributed by atoms with Gasteiger partial charge in [-0.1, -0.05) is 41.6 Å². The van der Waals surface area contributed by atoms with E-state index < -0.39 is 0 Å². The minimum absolute atomic E-state index is 0.441. The number of nitrogens with zero attached hydrogens (tertiary/aromatic N) is 2. The van der Waals surface area contributed by atoms with Gasteiger partial charge in [0.25, 0.3) is 0 Å². The van der Waals surface area contributed by atoms with Crippen LogP contribution < -0.4 is 4.74 Å². The highest BCUT2D eigenvalue weighted by atomic mass is 35.5. The molecule has 104 valence electrons. The summed E-state index contributed by atoms with van der Waals surface area (Å²) in [5, 5.41) is 1.50. The van der Waals surface area contributed by atoms with E-state index in [0.29, 0.717) is 6.61 Å². The molecule has 20 heavy (non-hydrogen) atoms. The Kier molecular flexibility index (Phi) is 4.13. The van der Waals surface area contributed by atoms with Crippen molar-refractivity contribution in [3.63, 3.8) is 0 Å². The predicted molar refractivity (Wildman–Crippen MR) is 81.6 cm³/mol. The van der Waals surface area contributed by atoms with Gasteiger partial charge < -0.3 is 4.74 Å². The summed E-state index contributed by atoms with van der Waals surface area (Å²) >= 11 is 7.69. The zero-order chi connectivity index (χ0) is 13.9. The fourth-order valence-electron chi connectivity index (χ4n) is 2.35. The van der Waals surface area contributed by atoms with Gasteiger partial charge in [0.15, 0.2) is 5.16 Å². The zero-order valence-corrected chi connectivity index (χ0v) is 12.8. The third-order valence-corrected chi connectivity index (χ3v) is 4.30. The monoisotopic (exact) mass is 306 g/mol. The van der Waals surface area contributed by atoms with E-state index in [1.54, 1.807) is 11.8 Å². The maximum atomic E-state index is 6.15. The fraction of sp³-hybridized carbons (Fsp3) is 0.333. The van der Waals surface area contributed by atoms with Gasteiger partial charge in [-0.3, -0.25) is 0 Å². The molecule has 1 aromatic carbocycles. The Morgan fingerprint density at radius 3 is 2.90 bits per heavy atom. The molecule has 0 spiro atoms. The molecule has 0 fully saturated rings. The molecule has 0 amide bonds. The molecule has 0 N–H and O–H groups in total. The highest BCUT2D eigenvalue weighted by molar-refractivity contribution is 7.98. The Morgan fingerprint density at radius 2 is 2.10 bits per heavy atom. The number of aromatic nitrogens is 2. The maximum absolute atomic E-state index is 6.15. The van der Waals surface area contributed by atoms with Crippen LogP contribution >= 0.6 is 23.4 Å². The van der Waals surface area contributed by atoms with Crippen molar-refractivity contribution >= 4 is 23.4 Å². The molecule has 0 saturated heterocycles. The van der Waals surface area contributed by atoms with E-state index >= 15 is 0 Å². The van der Waals surface area contributed by atoms with Gasteiger partial charge in [-0.15, -0.1) is 0 Å². The van der Waals surface area contributed by atoms with Crippen LogP contribution in [0.15, 0.2) is 29.4 Å². The number of ether oxygens (including phenoxy) is 1. The van der Waals surface area contributed by atoms with Crippen LogP contribution in [-0.2, 0) is 19.4 Å². The maximum Gasteiger partial charge on any atom is 0.221 e. The third kappa shape index (κ3) is 2.76. The summed E-state index contributed by atoms with van der Waals surface area (Å²) < 4.78 is 5.91. The molecular weight excluding hydrogens is 292 g/mol. The molecule has 1 aliphatic carbocycles. The molecule has 0 aliphatic heterocycles. The van der Waals surface area contributed by atoms with Crippen LogP contribution in [0.1, 0.15) is 23.2 Å². The second-order valence-corrected chi connectivity index (χ2v) is 5.85. The average Bonchev–Trinajstić information content (AvgIpc) is 2.94. The van der Waals surface area contributed by atoms with E-state index in [2.05, 4.69) is 9.97 Å². The van der Waals surface area contributed by atoms with Gasteiger partial charge in [-0.25, -0.2) is 4.98 Å². The molecule has 0 bridgehead atoms. The summed E-state index contributed by atoms with van der Waals surface area (Å²) in [7, 11) is 0. The molecule has 0 atom stereocenters. The van der Waals surface area contributed by atoms with Crippen LogP contribution in [0.25, 0.3) is 0 Å². The normalized spacial score (nSPS) is 13.3. The summed E-state index contributed by atoms with van der Waals surface area (Å²) in [6, 6.07) is 7.72. The Labute approximate surface area is 127 Å². The number of rotatable bonds is 4. The summed E-state index contributed by atoms with van der Waals surface area (Å²) in [6.07, 6.45) is 5.13. The van der Waals surface area contributed by atoms with Gasteiger partial charge in [-0.2, -0.15) is 4.98 Å². The second-order valence-electron chi connectivity index (χ2n) is 4.67. The molecule has 5 heteroatoms. The lowest BCUT2D eigenvalue weighted by Gasteiger charge is -2.11. The molecule has 1 aliphatic rings. The molecule has 1 aromatic heterocycles. The second kappa shape index (κ2) is 6.02. The van der Waals surface area contributed by atoms with E-state index in [1.165, 1.54) is 0 Å². The van der Waals surface area contributed by atoms with Crippen molar-refractivity contribution in [1.82, 2.24) is 9.97 Å². The van der Waals surface area contributed by atoms with E-state index in [4.69, 9.17) is 16.3 Å². The van der Waals surface area contributed by atoms with Crippen molar-refractivity contribution < 1.29 is 4.74 Å². The van der Waals surface area contributed by atoms with Gasteiger partial charge in [-0.05, 0) is 31.6 Å². The Bertz CT molecular complexity index is 633. The molecule has 1 heterocycles. The van der Waals surface area contributed by atoms with E-state index in [0.717, 1.165) is 52.1 Å². The first-order valence-corrected chi connectivity index (χ1v) is 8.18. The van der Waals surface area contributed by atoms with Gasteiger partial charge in [0.1, 0.15) is 6.61 Å². The van der Waals surface area contributed by atoms with Crippen LogP contribution in [0.4, 0.5) is 0 Å². The van der Waals surface area contributed by atoms with E-state index in [1.807, 2.05) is 30.5 Å². The number of thioether (sulfide) groups is 1. The van der Waals surface area contributed by atoms with Crippen molar-refractivity contribution in [3.05, 3.63) is 46.1 Å². The number of hydrogen-bond donors (Lipinski definition) is 0. The molecule has 0 unspecified atom stereocenters. The lowest BCUT2D eigenvalue weighted by molar-refractivity contribution is 0.287. The molecule has 0 radical (unpaired) electrons. The van der Waals surface area contributed by atoms with Crippen molar-refractivity contribution in [2.45, 2.75) is 31.0 Å². The number of hydrogen-bond acceptors (Lipinski definition) is 4. The first-order chi connectivity index (χ1) is 9.78. The average molecular weight is 307 g/mol. The number of aryl methyl sites for hydroxylation is 1. The lowest BCUT2D eigenvalue weighted by atomic mass is 10.2. The summed E-state index contributed by atoms with van der Waals surface area (Å²) in [5.41, 5.74) is 3.28. The molecule has 2 aromatic rings. The lowest BCUT2D eigenvalue weighted by Crippen LogP contribution is -2.04. The number of benzene rings is 1. The summed E-state index contributed by atoms with van der Waals surface area (Å²) in [4.78, 5) is 9.04. The van der Waals surface area contributed by atoms with Crippen molar-refractivity contribution in [1.29, 1.82) is 0 Å². The SMILES string of the molecule is CSc1nc2c(c(OCc3ccccc3Cl)n1)CCC2. The van der Waals surface area contributed by atoms with Crippen LogP contribution in [0.2, 0.25) is 5.02 Å². The fourth-order valence-corrected chi connectivity index (χ4v) is 2.91. The van der Waals surface area contributed by atoms with Gasteiger partial charge in [0, 0.05) is 16.1 Å². The van der Waals surface area contributed by atoms with Crippen molar-refractivity contribution in [2.75, 3.05) is 6.26 Å². The topological polar surface area (TPSA) is 35.0 Å². The smallest absolute Gasteiger partial charge is 0.221 e. The molecule has 3 nitrogen and oxygen atoms in total. The van der Waals surface area contributed by atoms with Crippen LogP contribution in [0.3, 0.4) is 0 Å². The highest BCUT2D eigenvalue weighted by Crippen LogP contribution is 2.30. The van der Waals surface area contributed by atoms with Gasteiger partial charge in [0.05, 0.1) is 5.69 Å². The van der Waals surface area contributed by atoms with E-state index in [9.17, 15) is 0 Å². The Morgan fingerprint density at radius 1 is 1.25 bits per heavy atom. The van der Waals surface area contributed by atoms with Crippen LogP contribution in [0.5, 0.6) is 5.88 Å².